The predicted molar refractivity (Wildman–Crippen MR) is 64.8 cm³/mol. The van der Waals surface area contributed by atoms with Crippen LogP contribution in [0.5, 0.6) is 5.75 Å². The van der Waals surface area contributed by atoms with Gasteiger partial charge in [0.1, 0.15) is 5.75 Å². The van der Waals surface area contributed by atoms with Gasteiger partial charge < -0.3 is 20.9 Å². The minimum absolute atomic E-state index is 0.260. The average molecular weight is 245 g/mol. The Balaban J connectivity index is 2.46. The zero-order chi connectivity index (χ0) is 12.0. The fraction of sp³-hybridized carbons (Fsp3) is 0.455. The molecular weight excluding hydrogens is 228 g/mol. The van der Waals surface area contributed by atoms with Crippen LogP contribution in [0.3, 0.4) is 0 Å². The van der Waals surface area contributed by atoms with E-state index in [4.69, 9.17) is 22.1 Å². The lowest BCUT2D eigenvalue weighted by atomic mass is 10.2. The third-order valence-corrected chi connectivity index (χ3v) is 2.49. The molecule has 0 radical (unpaired) electrons. The van der Waals surface area contributed by atoms with Crippen LogP contribution < -0.4 is 15.8 Å². The average Bonchev–Trinajstić information content (AvgIpc) is 2.29. The van der Waals surface area contributed by atoms with Crippen molar-refractivity contribution >= 4 is 11.6 Å². The second-order valence-electron chi connectivity index (χ2n) is 3.49. The Morgan fingerprint density at radius 2 is 2.31 bits per heavy atom. The Morgan fingerprint density at radius 3 is 2.88 bits per heavy atom. The van der Waals surface area contributed by atoms with Crippen molar-refractivity contribution in [2.24, 2.45) is 5.73 Å². The first-order valence-electron chi connectivity index (χ1n) is 5.08. The molecule has 0 saturated heterocycles. The fourth-order valence-corrected chi connectivity index (χ4v) is 1.57. The number of rotatable bonds is 6. The van der Waals surface area contributed by atoms with E-state index in [1.54, 1.807) is 7.11 Å². The maximum Gasteiger partial charge on any atom is 0.137 e. The summed E-state index contributed by atoms with van der Waals surface area (Å²) in [6.45, 7) is 1.37. The van der Waals surface area contributed by atoms with Crippen molar-refractivity contribution < 1.29 is 9.84 Å². The van der Waals surface area contributed by atoms with Crippen LogP contribution >= 0.6 is 11.6 Å². The normalized spacial score (nSPS) is 12.5. The summed E-state index contributed by atoms with van der Waals surface area (Å²) in [5, 5.41) is 12.9. The molecule has 0 bridgehead atoms. The summed E-state index contributed by atoms with van der Waals surface area (Å²) in [6, 6.07) is 5.58. The molecule has 0 spiro atoms. The van der Waals surface area contributed by atoms with Crippen LogP contribution in [0.1, 0.15) is 5.56 Å². The van der Waals surface area contributed by atoms with E-state index in [1.807, 2.05) is 18.2 Å². The van der Waals surface area contributed by atoms with E-state index in [9.17, 15) is 5.11 Å². The predicted octanol–water partition coefficient (Wildman–Crippen LogP) is 0.758. The molecule has 4 nitrogen and oxygen atoms in total. The minimum Gasteiger partial charge on any atom is -0.495 e. The van der Waals surface area contributed by atoms with Crippen LogP contribution in [-0.4, -0.2) is 31.4 Å². The summed E-state index contributed by atoms with van der Waals surface area (Å²) in [4.78, 5) is 0. The first-order valence-corrected chi connectivity index (χ1v) is 5.46. The van der Waals surface area contributed by atoms with Gasteiger partial charge in [0.25, 0.3) is 0 Å². The fourth-order valence-electron chi connectivity index (χ4n) is 1.29. The van der Waals surface area contributed by atoms with Crippen molar-refractivity contribution in [1.29, 1.82) is 0 Å². The molecule has 1 unspecified atom stereocenters. The van der Waals surface area contributed by atoms with Crippen molar-refractivity contribution in [3.05, 3.63) is 28.8 Å². The highest BCUT2D eigenvalue weighted by molar-refractivity contribution is 6.32. The number of aliphatic hydroxyl groups is 1. The van der Waals surface area contributed by atoms with Gasteiger partial charge in [-0.3, -0.25) is 0 Å². The van der Waals surface area contributed by atoms with Gasteiger partial charge in [0.05, 0.1) is 18.2 Å². The third-order valence-electron chi connectivity index (χ3n) is 2.20. The van der Waals surface area contributed by atoms with Crippen molar-refractivity contribution in [3.63, 3.8) is 0 Å². The van der Waals surface area contributed by atoms with Crippen molar-refractivity contribution in [3.8, 4) is 5.75 Å². The maximum atomic E-state index is 9.24. The molecule has 0 aromatic heterocycles. The SMILES string of the molecule is COc1ccc(CNCC(O)CN)cc1Cl. The molecule has 0 heterocycles. The Kier molecular flexibility index (Phi) is 5.55. The van der Waals surface area contributed by atoms with Gasteiger partial charge in [0.2, 0.25) is 0 Å². The number of methoxy groups -OCH3 is 1. The minimum atomic E-state index is -0.506. The number of halogens is 1. The molecule has 1 aromatic rings. The summed E-state index contributed by atoms with van der Waals surface area (Å²) in [5.74, 6) is 0.660. The molecular formula is C11H17ClN2O2. The van der Waals surface area contributed by atoms with Crippen LogP contribution in [0.15, 0.2) is 18.2 Å². The van der Waals surface area contributed by atoms with Gasteiger partial charge in [0, 0.05) is 19.6 Å². The van der Waals surface area contributed by atoms with Gasteiger partial charge in [-0.25, -0.2) is 0 Å². The van der Waals surface area contributed by atoms with E-state index >= 15 is 0 Å². The summed E-state index contributed by atoms with van der Waals surface area (Å²) >= 11 is 5.98. The quantitative estimate of drug-likeness (QED) is 0.691. The Bertz CT molecular complexity index is 334. The molecule has 4 N–H and O–H groups in total. The second kappa shape index (κ2) is 6.70. The van der Waals surface area contributed by atoms with Crippen LogP contribution in [0, 0.1) is 0 Å². The second-order valence-corrected chi connectivity index (χ2v) is 3.90. The van der Waals surface area contributed by atoms with E-state index < -0.39 is 6.10 Å². The first kappa shape index (κ1) is 13.3. The van der Waals surface area contributed by atoms with E-state index in [1.165, 1.54) is 0 Å². The number of aliphatic hydroxyl groups excluding tert-OH is 1. The number of benzene rings is 1. The molecule has 0 saturated carbocycles. The van der Waals surface area contributed by atoms with Gasteiger partial charge in [-0.2, -0.15) is 0 Å². The molecule has 16 heavy (non-hydrogen) atoms. The molecule has 90 valence electrons. The standard InChI is InChI=1S/C11H17ClN2O2/c1-16-11-3-2-8(4-10(11)12)6-14-7-9(15)5-13/h2-4,9,14-15H,5-7,13H2,1H3. The van der Waals surface area contributed by atoms with E-state index in [0.29, 0.717) is 23.9 Å². The summed E-state index contributed by atoms with van der Waals surface area (Å²) in [5.41, 5.74) is 6.32. The summed E-state index contributed by atoms with van der Waals surface area (Å²) < 4.78 is 5.05. The molecule has 1 aromatic carbocycles. The van der Waals surface area contributed by atoms with Crippen LogP contribution in [0.4, 0.5) is 0 Å². The number of hydrogen-bond donors (Lipinski definition) is 3. The molecule has 0 aliphatic heterocycles. The van der Waals surface area contributed by atoms with Gasteiger partial charge in [-0.15, -0.1) is 0 Å². The number of hydrogen-bond acceptors (Lipinski definition) is 4. The zero-order valence-corrected chi connectivity index (χ0v) is 10.00. The molecule has 0 aliphatic carbocycles. The van der Waals surface area contributed by atoms with Gasteiger partial charge in [-0.1, -0.05) is 17.7 Å². The van der Waals surface area contributed by atoms with Gasteiger partial charge >= 0.3 is 0 Å². The van der Waals surface area contributed by atoms with E-state index in [2.05, 4.69) is 5.32 Å². The molecule has 5 heteroatoms. The number of ether oxygens (including phenoxy) is 1. The lowest BCUT2D eigenvalue weighted by molar-refractivity contribution is 0.179. The molecule has 1 rings (SSSR count). The summed E-state index contributed by atoms with van der Waals surface area (Å²) in [7, 11) is 1.58. The van der Waals surface area contributed by atoms with Gasteiger partial charge in [-0.05, 0) is 17.7 Å². The monoisotopic (exact) mass is 244 g/mol. The van der Waals surface area contributed by atoms with Gasteiger partial charge in [0.15, 0.2) is 0 Å². The molecule has 0 fully saturated rings. The lowest BCUT2D eigenvalue weighted by Crippen LogP contribution is -2.32. The topological polar surface area (TPSA) is 67.5 Å². The van der Waals surface area contributed by atoms with E-state index in [-0.39, 0.29) is 6.54 Å². The van der Waals surface area contributed by atoms with Crippen LogP contribution in [0.25, 0.3) is 0 Å². The number of nitrogens with two attached hydrogens (primary N) is 1. The summed E-state index contributed by atoms with van der Waals surface area (Å²) in [6.07, 6.45) is -0.506. The highest BCUT2D eigenvalue weighted by Crippen LogP contribution is 2.24. The first-order chi connectivity index (χ1) is 7.67. The third kappa shape index (κ3) is 3.98. The molecule has 1 atom stereocenters. The van der Waals surface area contributed by atoms with Crippen molar-refractivity contribution in [2.75, 3.05) is 20.2 Å². The highest BCUT2D eigenvalue weighted by atomic mass is 35.5. The smallest absolute Gasteiger partial charge is 0.137 e. The van der Waals surface area contributed by atoms with Crippen molar-refractivity contribution in [1.82, 2.24) is 5.32 Å². The van der Waals surface area contributed by atoms with Crippen molar-refractivity contribution in [2.45, 2.75) is 12.6 Å². The Hall–Kier alpha value is -0.810. The Labute approximate surface area is 100 Å². The maximum absolute atomic E-state index is 9.24. The lowest BCUT2D eigenvalue weighted by Gasteiger charge is -2.10. The number of nitrogens with one attached hydrogen (secondary N) is 1. The molecule has 0 aliphatic rings. The molecule has 0 amide bonds. The Morgan fingerprint density at radius 1 is 1.56 bits per heavy atom. The largest absolute Gasteiger partial charge is 0.495 e. The highest BCUT2D eigenvalue weighted by Gasteiger charge is 2.03. The van der Waals surface area contributed by atoms with E-state index in [0.717, 1.165) is 5.56 Å². The zero-order valence-electron chi connectivity index (χ0n) is 9.24. The van der Waals surface area contributed by atoms with Crippen LogP contribution in [-0.2, 0) is 6.54 Å². The van der Waals surface area contributed by atoms with Crippen LogP contribution in [0.2, 0.25) is 5.02 Å².